The smallest absolute Gasteiger partial charge is 0.481 e. The Hall–Kier alpha value is -1.57. The minimum atomic E-state index is -0.804. The second-order valence-corrected chi connectivity index (χ2v) is 9.71. The number of carbonyl (C=O) groups is 2. The van der Waals surface area contributed by atoms with E-state index in [0.29, 0.717) is 18.6 Å². The van der Waals surface area contributed by atoms with Crippen molar-refractivity contribution in [2.45, 2.75) is 64.1 Å². The Labute approximate surface area is 171 Å². The van der Waals surface area contributed by atoms with Gasteiger partial charge in [-0.2, -0.15) is 0 Å². The SMILES string of the molecule is CC(=O)SCC(=Cc1ccccc1C1(C(=O)O)CC1)B1OC(C)(C)C(C)(C)O1. The van der Waals surface area contributed by atoms with Gasteiger partial charge in [0.15, 0.2) is 5.12 Å². The molecule has 0 spiro atoms. The second kappa shape index (κ2) is 7.36. The van der Waals surface area contributed by atoms with Crippen LogP contribution in [0.15, 0.2) is 29.7 Å². The summed E-state index contributed by atoms with van der Waals surface area (Å²) in [4.78, 5) is 23.4. The van der Waals surface area contributed by atoms with Gasteiger partial charge in [-0.3, -0.25) is 9.59 Å². The Balaban J connectivity index is 2.00. The Morgan fingerprint density at radius 1 is 1.14 bits per heavy atom. The van der Waals surface area contributed by atoms with Crippen LogP contribution in [0.2, 0.25) is 0 Å². The molecule has 2 aliphatic rings. The third kappa shape index (κ3) is 3.93. The number of hydrogen-bond donors (Lipinski definition) is 1. The lowest BCUT2D eigenvalue weighted by atomic mass is 9.77. The van der Waals surface area contributed by atoms with Crippen LogP contribution in [0.25, 0.3) is 6.08 Å². The molecule has 150 valence electrons. The zero-order valence-corrected chi connectivity index (χ0v) is 17.9. The Bertz CT molecular complexity index is 810. The monoisotopic (exact) mass is 402 g/mol. The zero-order valence-electron chi connectivity index (χ0n) is 17.1. The number of benzene rings is 1. The summed E-state index contributed by atoms with van der Waals surface area (Å²) < 4.78 is 12.4. The molecular weight excluding hydrogens is 375 g/mol. The van der Waals surface area contributed by atoms with Crippen LogP contribution in [-0.2, 0) is 24.3 Å². The first kappa shape index (κ1) is 21.2. The molecule has 0 atom stereocenters. The summed E-state index contributed by atoms with van der Waals surface area (Å²) >= 11 is 1.20. The van der Waals surface area contributed by atoms with Gasteiger partial charge in [-0.15, -0.1) is 0 Å². The number of aliphatic carboxylic acids is 1. The molecular formula is C21H27BO5S. The molecule has 3 rings (SSSR count). The maximum absolute atomic E-state index is 11.8. The van der Waals surface area contributed by atoms with Crippen molar-refractivity contribution >= 4 is 36.0 Å². The first-order valence-corrected chi connectivity index (χ1v) is 10.5. The van der Waals surface area contributed by atoms with Crippen LogP contribution < -0.4 is 0 Å². The highest BCUT2D eigenvalue weighted by Crippen LogP contribution is 2.50. The van der Waals surface area contributed by atoms with Crippen molar-refractivity contribution in [3.8, 4) is 0 Å². The fourth-order valence-electron chi connectivity index (χ4n) is 3.34. The van der Waals surface area contributed by atoms with Gasteiger partial charge < -0.3 is 14.4 Å². The molecule has 1 saturated carbocycles. The summed E-state index contributed by atoms with van der Waals surface area (Å²) in [6, 6.07) is 7.57. The van der Waals surface area contributed by atoms with Crippen LogP contribution in [0.4, 0.5) is 0 Å². The number of hydrogen-bond acceptors (Lipinski definition) is 5. The molecule has 1 aromatic rings. The molecule has 5 nitrogen and oxygen atoms in total. The average molecular weight is 402 g/mol. The normalized spacial score (nSPS) is 22.2. The van der Waals surface area contributed by atoms with E-state index >= 15 is 0 Å². The molecule has 7 heteroatoms. The highest BCUT2D eigenvalue weighted by atomic mass is 32.2. The van der Waals surface area contributed by atoms with E-state index in [1.54, 1.807) is 0 Å². The summed E-state index contributed by atoms with van der Waals surface area (Å²) in [7, 11) is -0.579. The molecule has 1 heterocycles. The van der Waals surface area contributed by atoms with E-state index in [1.807, 2.05) is 58.0 Å². The summed E-state index contributed by atoms with van der Waals surface area (Å²) in [5.74, 6) is -0.357. The number of thioether (sulfide) groups is 1. The van der Waals surface area contributed by atoms with E-state index in [0.717, 1.165) is 16.6 Å². The van der Waals surface area contributed by atoms with Gasteiger partial charge in [0.2, 0.25) is 0 Å². The summed E-state index contributed by atoms with van der Waals surface area (Å²) in [5, 5.41) is 9.74. The highest BCUT2D eigenvalue weighted by molar-refractivity contribution is 8.13. The summed E-state index contributed by atoms with van der Waals surface area (Å²) in [6.07, 6.45) is 3.22. The number of carbonyl (C=O) groups excluding carboxylic acids is 1. The van der Waals surface area contributed by atoms with Crippen molar-refractivity contribution in [2.24, 2.45) is 0 Å². The minimum absolute atomic E-state index is 0.0138. The van der Waals surface area contributed by atoms with E-state index in [-0.39, 0.29) is 5.12 Å². The third-order valence-electron chi connectivity index (χ3n) is 5.97. The molecule has 1 aliphatic heterocycles. The maximum atomic E-state index is 11.8. The van der Waals surface area contributed by atoms with Crippen LogP contribution in [-0.4, -0.2) is 40.3 Å². The van der Waals surface area contributed by atoms with Crippen molar-refractivity contribution in [1.29, 1.82) is 0 Å². The molecule has 1 aliphatic carbocycles. The Kier molecular flexibility index (Phi) is 5.56. The maximum Gasteiger partial charge on any atom is 0.491 e. The van der Waals surface area contributed by atoms with Crippen molar-refractivity contribution in [2.75, 3.05) is 5.75 Å². The van der Waals surface area contributed by atoms with Gasteiger partial charge in [0.25, 0.3) is 0 Å². The molecule has 1 N–H and O–H groups in total. The van der Waals surface area contributed by atoms with Crippen LogP contribution in [0, 0.1) is 0 Å². The number of carboxylic acid groups (broad SMARTS) is 1. The molecule has 1 saturated heterocycles. The second-order valence-electron chi connectivity index (χ2n) is 8.56. The average Bonchev–Trinajstić information content (AvgIpc) is 3.35. The van der Waals surface area contributed by atoms with Crippen molar-refractivity contribution in [3.63, 3.8) is 0 Å². The molecule has 0 amide bonds. The first-order valence-electron chi connectivity index (χ1n) is 9.51. The van der Waals surface area contributed by atoms with Crippen LogP contribution in [0.3, 0.4) is 0 Å². The number of rotatable bonds is 6. The quantitative estimate of drug-likeness (QED) is 0.723. The zero-order chi connectivity index (χ0) is 20.7. The molecule has 1 aromatic carbocycles. The Morgan fingerprint density at radius 2 is 1.71 bits per heavy atom. The van der Waals surface area contributed by atoms with Crippen LogP contribution in [0.5, 0.6) is 0 Å². The van der Waals surface area contributed by atoms with Crippen LogP contribution in [0.1, 0.15) is 58.6 Å². The lowest BCUT2D eigenvalue weighted by Crippen LogP contribution is -2.41. The topological polar surface area (TPSA) is 72.8 Å². The van der Waals surface area contributed by atoms with Gasteiger partial charge in [-0.05, 0) is 57.1 Å². The van der Waals surface area contributed by atoms with E-state index in [1.165, 1.54) is 18.7 Å². The molecule has 2 fully saturated rings. The van der Waals surface area contributed by atoms with E-state index in [9.17, 15) is 14.7 Å². The number of carboxylic acids is 1. The van der Waals surface area contributed by atoms with E-state index < -0.39 is 29.7 Å². The fourth-order valence-corrected chi connectivity index (χ4v) is 3.93. The first-order chi connectivity index (χ1) is 13.0. The van der Waals surface area contributed by atoms with Gasteiger partial charge in [-0.1, -0.05) is 42.1 Å². The van der Waals surface area contributed by atoms with Gasteiger partial charge in [0.1, 0.15) is 0 Å². The van der Waals surface area contributed by atoms with Gasteiger partial charge in [0.05, 0.1) is 16.6 Å². The van der Waals surface area contributed by atoms with Gasteiger partial charge in [0, 0.05) is 12.7 Å². The summed E-state index contributed by atoms with van der Waals surface area (Å²) in [5.41, 5.74) is 0.696. The van der Waals surface area contributed by atoms with E-state index in [2.05, 4.69) is 0 Å². The van der Waals surface area contributed by atoms with Gasteiger partial charge >= 0.3 is 13.1 Å². The summed E-state index contributed by atoms with van der Waals surface area (Å²) in [6.45, 7) is 9.48. The van der Waals surface area contributed by atoms with Crippen molar-refractivity contribution in [1.82, 2.24) is 0 Å². The lowest BCUT2D eigenvalue weighted by Gasteiger charge is -2.32. The third-order valence-corrected chi connectivity index (χ3v) is 6.86. The minimum Gasteiger partial charge on any atom is -0.481 e. The molecule has 28 heavy (non-hydrogen) atoms. The highest BCUT2D eigenvalue weighted by Gasteiger charge is 2.54. The Morgan fingerprint density at radius 3 is 2.21 bits per heavy atom. The molecule has 0 unspecified atom stereocenters. The molecule has 0 aromatic heterocycles. The lowest BCUT2D eigenvalue weighted by molar-refractivity contribution is -0.140. The van der Waals surface area contributed by atoms with Crippen molar-refractivity contribution < 1.29 is 24.0 Å². The van der Waals surface area contributed by atoms with E-state index in [4.69, 9.17) is 9.31 Å². The predicted octanol–water partition coefficient (Wildman–Crippen LogP) is 4.10. The van der Waals surface area contributed by atoms with Gasteiger partial charge in [-0.25, -0.2) is 0 Å². The standard InChI is InChI=1S/C21H27BO5S/c1-14(23)28-13-16(22-26-19(2,3)20(4,5)27-22)12-15-8-6-7-9-17(15)21(10-11-21)18(24)25/h6-9,12H,10-11,13H2,1-5H3,(H,24,25). The molecule has 0 radical (unpaired) electrons. The predicted molar refractivity (Wildman–Crippen MR) is 112 cm³/mol. The van der Waals surface area contributed by atoms with Crippen molar-refractivity contribution in [3.05, 3.63) is 40.9 Å². The fraction of sp³-hybridized carbons (Fsp3) is 0.524. The van der Waals surface area contributed by atoms with Crippen LogP contribution >= 0.6 is 11.8 Å². The largest absolute Gasteiger partial charge is 0.491 e. The molecule has 0 bridgehead atoms.